The summed E-state index contributed by atoms with van der Waals surface area (Å²) < 4.78 is 36.1. The number of hydrogen-bond acceptors (Lipinski definition) is 7. The molecule has 1 aliphatic rings. The minimum absolute atomic E-state index is 0.120. The molecule has 4 rings (SSSR count). The molecule has 11 heteroatoms. The topological polar surface area (TPSA) is 119 Å². The summed E-state index contributed by atoms with van der Waals surface area (Å²) in [4.78, 5) is 38.9. The smallest absolute Gasteiger partial charge is 0.339 e. The van der Waals surface area contributed by atoms with Crippen molar-refractivity contribution in [3.63, 3.8) is 0 Å². The highest BCUT2D eigenvalue weighted by molar-refractivity contribution is 7.87. The molecule has 184 valence electrons. The first-order valence-electron chi connectivity index (χ1n) is 10.6. The summed E-state index contributed by atoms with van der Waals surface area (Å²) >= 11 is 5.82. The molecule has 3 aromatic rings. The molecule has 1 aliphatic heterocycles. The van der Waals surface area contributed by atoms with Crippen LogP contribution in [0.15, 0.2) is 83.3 Å². The molecular formula is C25H19ClN2O7S. The minimum atomic E-state index is -4.24. The Morgan fingerprint density at radius 2 is 1.61 bits per heavy atom. The number of halogens is 1. The highest BCUT2D eigenvalue weighted by Crippen LogP contribution is 2.28. The average molecular weight is 527 g/mol. The van der Waals surface area contributed by atoms with Crippen molar-refractivity contribution in [1.82, 2.24) is 5.32 Å². The van der Waals surface area contributed by atoms with Gasteiger partial charge < -0.3 is 8.92 Å². The van der Waals surface area contributed by atoms with E-state index in [4.69, 9.17) is 20.5 Å². The Balaban J connectivity index is 1.67. The van der Waals surface area contributed by atoms with Crippen LogP contribution in [0.1, 0.15) is 12.5 Å². The maximum absolute atomic E-state index is 13.2. The summed E-state index contributed by atoms with van der Waals surface area (Å²) in [7, 11) is -4.24. The van der Waals surface area contributed by atoms with E-state index in [1.54, 1.807) is 18.2 Å². The van der Waals surface area contributed by atoms with E-state index < -0.39 is 28.0 Å². The highest BCUT2D eigenvalue weighted by Gasteiger charge is 2.37. The van der Waals surface area contributed by atoms with Gasteiger partial charge in [-0.15, -0.1) is 0 Å². The van der Waals surface area contributed by atoms with Crippen LogP contribution < -0.4 is 19.1 Å². The van der Waals surface area contributed by atoms with Gasteiger partial charge in [0.05, 0.1) is 12.3 Å². The molecule has 9 nitrogen and oxygen atoms in total. The second-order valence-corrected chi connectivity index (χ2v) is 9.40. The first-order valence-corrected chi connectivity index (χ1v) is 12.4. The third-order valence-corrected chi connectivity index (χ3v) is 6.53. The van der Waals surface area contributed by atoms with Gasteiger partial charge in [-0.1, -0.05) is 29.8 Å². The molecule has 0 aliphatic carbocycles. The first kappa shape index (κ1) is 25.0. The van der Waals surface area contributed by atoms with Gasteiger partial charge in [0.15, 0.2) is 0 Å². The zero-order chi connectivity index (χ0) is 25.9. The lowest BCUT2D eigenvalue weighted by atomic mass is 10.1. The van der Waals surface area contributed by atoms with Gasteiger partial charge in [0.2, 0.25) is 0 Å². The van der Waals surface area contributed by atoms with Crippen LogP contribution in [0.2, 0.25) is 5.02 Å². The molecule has 1 saturated heterocycles. The number of nitrogens with one attached hydrogen (secondary N) is 1. The maximum Gasteiger partial charge on any atom is 0.339 e. The summed E-state index contributed by atoms with van der Waals surface area (Å²) in [5, 5.41) is 2.48. The predicted molar refractivity (Wildman–Crippen MR) is 132 cm³/mol. The van der Waals surface area contributed by atoms with Crippen LogP contribution in [0.4, 0.5) is 10.5 Å². The molecule has 0 aromatic heterocycles. The van der Waals surface area contributed by atoms with Crippen molar-refractivity contribution in [3.05, 3.63) is 89.0 Å². The minimum Gasteiger partial charge on any atom is -0.494 e. The zero-order valence-corrected chi connectivity index (χ0v) is 20.4. The molecule has 36 heavy (non-hydrogen) atoms. The Labute approximate surface area is 212 Å². The zero-order valence-electron chi connectivity index (χ0n) is 18.8. The van der Waals surface area contributed by atoms with Crippen LogP contribution in [-0.2, 0) is 19.7 Å². The van der Waals surface area contributed by atoms with Crippen LogP contribution in [0, 0.1) is 0 Å². The van der Waals surface area contributed by atoms with Gasteiger partial charge >= 0.3 is 16.1 Å². The normalized spacial score (nSPS) is 15.1. The number of hydrogen-bond donors (Lipinski definition) is 1. The number of benzene rings is 3. The second kappa shape index (κ2) is 10.2. The van der Waals surface area contributed by atoms with Crippen molar-refractivity contribution >= 4 is 51.3 Å². The number of imide groups is 2. The summed E-state index contributed by atoms with van der Waals surface area (Å²) in [6, 6.07) is 16.6. The molecule has 0 unspecified atom stereocenters. The second-order valence-electron chi connectivity index (χ2n) is 7.41. The van der Waals surface area contributed by atoms with E-state index >= 15 is 0 Å². The molecule has 4 amide bonds. The summed E-state index contributed by atoms with van der Waals surface area (Å²) in [6.07, 6.45) is 1.17. The summed E-state index contributed by atoms with van der Waals surface area (Å²) in [6.45, 7) is 2.26. The van der Waals surface area contributed by atoms with Gasteiger partial charge in [0.25, 0.3) is 11.8 Å². The van der Waals surface area contributed by atoms with E-state index in [-0.39, 0.29) is 27.5 Å². The Kier molecular flexibility index (Phi) is 7.09. The molecule has 0 saturated carbocycles. The molecule has 0 spiro atoms. The third-order valence-electron chi connectivity index (χ3n) is 5.03. The fraction of sp³-hybridized carbons (Fsp3) is 0.0800. The van der Waals surface area contributed by atoms with Crippen LogP contribution in [-0.4, -0.2) is 32.9 Å². The van der Waals surface area contributed by atoms with Gasteiger partial charge in [-0.3, -0.25) is 14.9 Å². The molecule has 1 fully saturated rings. The standard InChI is InChI=1S/C25H19ClN2O7S/c1-2-34-19-11-9-18(10-12-19)28-24(30)21(23(29)27-25(28)31)15-16-5-3-4-6-22(16)35-36(32,33)20-13-7-17(26)8-14-20/h3-15H,2H2,1H3,(H,27,29,31)/b21-15+. The number of carbonyl (C=O) groups excluding carboxylic acids is 3. The van der Waals surface area contributed by atoms with E-state index in [1.807, 2.05) is 6.92 Å². The van der Waals surface area contributed by atoms with Crippen LogP contribution in [0.5, 0.6) is 11.5 Å². The maximum atomic E-state index is 13.2. The van der Waals surface area contributed by atoms with Crippen molar-refractivity contribution in [3.8, 4) is 11.5 Å². The summed E-state index contributed by atoms with van der Waals surface area (Å²) in [5.41, 5.74) is -0.0350. The number of amides is 4. The quantitative estimate of drug-likeness (QED) is 0.279. The van der Waals surface area contributed by atoms with Crippen molar-refractivity contribution in [1.29, 1.82) is 0 Å². The largest absolute Gasteiger partial charge is 0.494 e. The number of anilines is 1. The molecule has 0 atom stereocenters. The highest BCUT2D eigenvalue weighted by atomic mass is 35.5. The molecule has 1 heterocycles. The number of carbonyl (C=O) groups is 3. The molecule has 0 bridgehead atoms. The molecule has 0 radical (unpaired) electrons. The number of barbiturate groups is 1. The van der Waals surface area contributed by atoms with Gasteiger partial charge in [-0.05, 0) is 67.6 Å². The Morgan fingerprint density at radius 1 is 0.944 bits per heavy atom. The Hall–Kier alpha value is -4.15. The van der Waals surface area contributed by atoms with Gasteiger partial charge in [0.1, 0.15) is 22.0 Å². The first-order chi connectivity index (χ1) is 17.2. The van der Waals surface area contributed by atoms with E-state index in [0.29, 0.717) is 17.4 Å². The number of ether oxygens (including phenoxy) is 1. The fourth-order valence-electron chi connectivity index (χ4n) is 3.35. The van der Waals surface area contributed by atoms with Crippen molar-refractivity contribution in [2.45, 2.75) is 11.8 Å². The van der Waals surface area contributed by atoms with Crippen molar-refractivity contribution in [2.75, 3.05) is 11.5 Å². The number of rotatable bonds is 7. The molecular weight excluding hydrogens is 508 g/mol. The third kappa shape index (κ3) is 5.24. The van der Waals surface area contributed by atoms with Crippen molar-refractivity contribution in [2.24, 2.45) is 0 Å². The monoisotopic (exact) mass is 526 g/mol. The summed E-state index contributed by atoms with van der Waals surface area (Å²) in [5.74, 6) is -1.39. The van der Waals surface area contributed by atoms with Gasteiger partial charge in [-0.2, -0.15) is 8.42 Å². The van der Waals surface area contributed by atoms with E-state index in [2.05, 4.69) is 5.32 Å². The van der Waals surface area contributed by atoms with Crippen LogP contribution in [0.3, 0.4) is 0 Å². The number of nitrogens with zero attached hydrogens (tertiary/aromatic N) is 1. The number of urea groups is 1. The van der Waals surface area contributed by atoms with Crippen molar-refractivity contribution < 1.29 is 31.7 Å². The molecule has 3 aromatic carbocycles. The number of para-hydroxylation sites is 1. The molecule has 1 N–H and O–H groups in total. The average Bonchev–Trinajstić information content (AvgIpc) is 2.84. The Morgan fingerprint density at radius 3 is 2.28 bits per heavy atom. The Bertz CT molecular complexity index is 1470. The van der Waals surface area contributed by atoms with E-state index in [1.165, 1.54) is 60.7 Å². The predicted octanol–water partition coefficient (Wildman–Crippen LogP) is 4.17. The van der Waals surface area contributed by atoms with E-state index in [9.17, 15) is 22.8 Å². The van der Waals surface area contributed by atoms with Crippen LogP contribution >= 0.6 is 11.6 Å². The fourth-order valence-corrected chi connectivity index (χ4v) is 4.43. The van der Waals surface area contributed by atoms with Gasteiger partial charge in [-0.25, -0.2) is 9.69 Å². The SMILES string of the molecule is CCOc1ccc(N2C(=O)NC(=O)/C(=C\c3ccccc3OS(=O)(=O)c3ccc(Cl)cc3)C2=O)cc1. The lowest BCUT2D eigenvalue weighted by Crippen LogP contribution is -2.54. The lowest BCUT2D eigenvalue weighted by molar-refractivity contribution is -0.122. The lowest BCUT2D eigenvalue weighted by Gasteiger charge is -2.26. The van der Waals surface area contributed by atoms with E-state index in [0.717, 1.165) is 4.90 Å². The van der Waals surface area contributed by atoms with Crippen LogP contribution in [0.25, 0.3) is 6.08 Å². The van der Waals surface area contributed by atoms with Gasteiger partial charge in [0, 0.05) is 10.6 Å².